The van der Waals surface area contributed by atoms with Gasteiger partial charge >= 0.3 is 0 Å². The molecule has 2 aliphatic heterocycles. The molecule has 0 amide bonds. The van der Waals surface area contributed by atoms with Crippen LogP contribution in [0.1, 0.15) is 76.3 Å². The molecule has 0 radical (unpaired) electrons. The van der Waals surface area contributed by atoms with Crippen molar-refractivity contribution in [3.63, 3.8) is 0 Å². The molecule has 2 aliphatic carbocycles. The standard InChI is InChI=1S/C38H34O4/c1-37(2)17-25(39)33-29(19-37)41-27-15-13-21-9-5-7-11-23(21)31(27)35(33)36-32-24-12-8-6-10-22(24)14-16-28(32)42-30-20-38(3,4)18-26(40)34(30)36/h5-16,35-36H,17-20H2,1-4H3. The molecule has 2 unspecified atom stereocenters. The van der Waals surface area contributed by atoms with Crippen LogP contribution in [0.2, 0.25) is 0 Å². The maximum absolute atomic E-state index is 14.3. The Labute approximate surface area is 246 Å². The second-order valence-electron chi connectivity index (χ2n) is 14.1. The summed E-state index contributed by atoms with van der Waals surface area (Å²) in [5.74, 6) is 2.55. The molecule has 0 fully saturated rings. The molecule has 4 aromatic carbocycles. The summed E-state index contributed by atoms with van der Waals surface area (Å²) in [6.07, 6.45) is 2.25. The minimum Gasteiger partial charge on any atom is -0.461 e. The van der Waals surface area contributed by atoms with Crippen LogP contribution < -0.4 is 9.47 Å². The van der Waals surface area contributed by atoms with Gasteiger partial charge in [0.2, 0.25) is 0 Å². The van der Waals surface area contributed by atoms with Gasteiger partial charge in [-0.05, 0) is 44.5 Å². The Balaban J connectivity index is 1.50. The van der Waals surface area contributed by atoms with Crippen molar-refractivity contribution in [2.75, 3.05) is 0 Å². The average Bonchev–Trinajstić information content (AvgIpc) is 2.93. The lowest BCUT2D eigenvalue weighted by Crippen LogP contribution is -2.38. The van der Waals surface area contributed by atoms with Crippen LogP contribution in [-0.2, 0) is 9.59 Å². The van der Waals surface area contributed by atoms with Crippen molar-refractivity contribution in [1.82, 2.24) is 0 Å². The van der Waals surface area contributed by atoms with Crippen LogP contribution in [0.15, 0.2) is 95.5 Å². The van der Waals surface area contributed by atoms with Crippen LogP contribution in [0.5, 0.6) is 11.5 Å². The zero-order chi connectivity index (χ0) is 29.0. The number of allylic oxidation sites excluding steroid dienone is 4. The van der Waals surface area contributed by atoms with E-state index >= 15 is 0 Å². The van der Waals surface area contributed by atoms with Gasteiger partial charge in [-0.3, -0.25) is 9.59 Å². The van der Waals surface area contributed by atoms with Gasteiger partial charge in [0.15, 0.2) is 11.6 Å². The molecule has 210 valence electrons. The van der Waals surface area contributed by atoms with Crippen molar-refractivity contribution in [1.29, 1.82) is 0 Å². The van der Waals surface area contributed by atoms with Gasteiger partial charge in [-0.15, -0.1) is 0 Å². The minimum absolute atomic E-state index is 0.115. The van der Waals surface area contributed by atoms with Crippen molar-refractivity contribution in [3.8, 4) is 11.5 Å². The highest BCUT2D eigenvalue weighted by atomic mass is 16.5. The zero-order valence-corrected chi connectivity index (χ0v) is 24.5. The van der Waals surface area contributed by atoms with Crippen molar-refractivity contribution < 1.29 is 19.1 Å². The van der Waals surface area contributed by atoms with Crippen LogP contribution in [0, 0.1) is 10.8 Å². The number of hydrogen-bond acceptors (Lipinski definition) is 4. The number of ether oxygens (including phenoxy) is 2. The number of carbonyl (C=O) groups is 2. The molecule has 0 saturated heterocycles. The number of hydrogen-bond donors (Lipinski definition) is 0. The summed E-state index contributed by atoms with van der Waals surface area (Å²) in [6, 6.07) is 24.9. The largest absolute Gasteiger partial charge is 0.461 e. The minimum atomic E-state index is -0.373. The number of Topliss-reactive ketones (excluding diaryl/α,β-unsaturated/α-hetero) is 2. The molecule has 0 N–H and O–H groups in total. The van der Waals surface area contributed by atoms with Gasteiger partial charge in [0.1, 0.15) is 23.0 Å². The molecule has 4 aliphatic rings. The van der Waals surface area contributed by atoms with E-state index in [1.165, 1.54) is 0 Å². The number of carbonyl (C=O) groups excluding carboxylic acids is 2. The lowest BCUT2D eigenvalue weighted by molar-refractivity contribution is -0.120. The van der Waals surface area contributed by atoms with Crippen molar-refractivity contribution >= 4 is 33.1 Å². The molecule has 42 heavy (non-hydrogen) atoms. The third-order valence-corrected chi connectivity index (χ3v) is 9.66. The summed E-state index contributed by atoms with van der Waals surface area (Å²) in [5, 5.41) is 4.30. The summed E-state index contributed by atoms with van der Waals surface area (Å²) < 4.78 is 13.3. The zero-order valence-electron chi connectivity index (χ0n) is 24.5. The fourth-order valence-corrected chi connectivity index (χ4v) is 8.02. The molecule has 2 atom stereocenters. The average molecular weight is 555 g/mol. The third-order valence-electron chi connectivity index (χ3n) is 9.66. The maximum atomic E-state index is 14.3. The van der Waals surface area contributed by atoms with Crippen LogP contribution >= 0.6 is 0 Å². The predicted octanol–water partition coefficient (Wildman–Crippen LogP) is 8.93. The molecule has 0 bridgehead atoms. The number of benzene rings is 4. The van der Waals surface area contributed by atoms with Gasteiger partial charge in [-0.25, -0.2) is 0 Å². The van der Waals surface area contributed by atoms with E-state index in [-0.39, 0.29) is 34.2 Å². The lowest BCUT2D eigenvalue weighted by atomic mass is 9.61. The highest BCUT2D eigenvalue weighted by Gasteiger charge is 2.51. The Kier molecular flexibility index (Phi) is 5.27. The predicted molar refractivity (Wildman–Crippen MR) is 165 cm³/mol. The monoisotopic (exact) mass is 554 g/mol. The van der Waals surface area contributed by atoms with E-state index in [1.807, 2.05) is 36.4 Å². The van der Waals surface area contributed by atoms with Crippen molar-refractivity contribution in [3.05, 3.63) is 107 Å². The fraction of sp³-hybridized carbons (Fsp3) is 0.316. The third kappa shape index (κ3) is 3.74. The van der Waals surface area contributed by atoms with Crippen LogP contribution in [0.4, 0.5) is 0 Å². The Morgan fingerprint density at radius 1 is 0.548 bits per heavy atom. The first-order valence-electron chi connectivity index (χ1n) is 15.0. The molecule has 8 rings (SSSR count). The SMILES string of the molecule is CC1(C)CC(=O)C2=C(C1)Oc1ccc3ccccc3c1C2C1C2=C(CC(C)(C)CC2=O)Oc2ccc3ccccc3c21. The van der Waals surface area contributed by atoms with E-state index in [1.54, 1.807) is 0 Å². The van der Waals surface area contributed by atoms with Gasteiger partial charge in [0, 0.05) is 59.8 Å². The maximum Gasteiger partial charge on any atom is 0.163 e. The van der Waals surface area contributed by atoms with Gasteiger partial charge in [0.05, 0.1) is 0 Å². The molecule has 2 heterocycles. The normalized spacial score (nSPS) is 24.0. The molecular formula is C38H34O4. The topological polar surface area (TPSA) is 52.6 Å². The van der Waals surface area contributed by atoms with E-state index in [2.05, 4.69) is 64.1 Å². The Morgan fingerprint density at radius 3 is 1.38 bits per heavy atom. The molecular weight excluding hydrogens is 520 g/mol. The van der Waals surface area contributed by atoms with E-state index in [0.717, 1.165) is 66.8 Å². The smallest absolute Gasteiger partial charge is 0.163 e. The van der Waals surface area contributed by atoms with Crippen LogP contribution in [0.3, 0.4) is 0 Å². The molecule has 0 spiro atoms. The van der Waals surface area contributed by atoms with Gasteiger partial charge in [0.25, 0.3) is 0 Å². The van der Waals surface area contributed by atoms with Crippen LogP contribution in [-0.4, -0.2) is 11.6 Å². The Hall–Kier alpha value is -4.18. The van der Waals surface area contributed by atoms with E-state index in [4.69, 9.17) is 9.47 Å². The van der Waals surface area contributed by atoms with Crippen molar-refractivity contribution in [2.45, 2.75) is 65.2 Å². The number of ketones is 2. The van der Waals surface area contributed by atoms with E-state index in [0.29, 0.717) is 25.7 Å². The molecule has 0 aromatic heterocycles. The van der Waals surface area contributed by atoms with Gasteiger partial charge in [-0.2, -0.15) is 0 Å². The Morgan fingerprint density at radius 2 is 0.952 bits per heavy atom. The summed E-state index contributed by atoms with van der Waals surface area (Å²) in [5.41, 5.74) is 3.04. The lowest BCUT2D eigenvalue weighted by Gasteiger charge is -2.45. The van der Waals surface area contributed by atoms with Gasteiger partial charge < -0.3 is 9.47 Å². The number of rotatable bonds is 1. The fourth-order valence-electron chi connectivity index (χ4n) is 8.02. The molecule has 4 aromatic rings. The summed E-state index contributed by atoms with van der Waals surface area (Å²) in [7, 11) is 0. The quantitative estimate of drug-likeness (QED) is 0.236. The van der Waals surface area contributed by atoms with Crippen LogP contribution in [0.25, 0.3) is 21.5 Å². The first-order valence-corrected chi connectivity index (χ1v) is 15.0. The summed E-state index contributed by atoms with van der Waals surface area (Å²) >= 11 is 0. The van der Waals surface area contributed by atoms with E-state index in [9.17, 15) is 9.59 Å². The highest BCUT2D eigenvalue weighted by molar-refractivity contribution is 6.06. The second-order valence-corrected chi connectivity index (χ2v) is 14.1. The first-order chi connectivity index (χ1) is 20.1. The molecule has 4 nitrogen and oxygen atoms in total. The molecule has 4 heteroatoms. The van der Waals surface area contributed by atoms with Crippen molar-refractivity contribution in [2.24, 2.45) is 10.8 Å². The molecule has 0 saturated carbocycles. The number of fused-ring (bicyclic) bond motifs is 6. The van der Waals surface area contributed by atoms with Gasteiger partial charge in [-0.1, -0.05) is 88.4 Å². The summed E-state index contributed by atoms with van der Waals surface area (Å²) in [4.78, 5) is 28.6. The summed E-state index contributed by atoms with van der Waals surface area (Å²) in [6.45, 7) is 8.53. The first kappa shape index (κ1) is 25.5. The van der Waals surface area contributed by atoms with E-state index < -0.39 is 0 Å². The second kappa shape index (κ2) is 8.67. The highest BCUT2D eigenvalue weighted by Crippen LogP contribution is 2.61. The Bertz CT molecular complexity index is 1790.